The van der Waals surface area contributed by atoms with E-state index in [1.165, 1.54) is 30.6 Å². The van der Waals surface area contributed by atoms with Gasteiger partial charge in [0, 0.05) is 18.8 Å². The van der Waals surface area contributed by atoms with Gasteiger partial charge in [-0.1, -0.05) is 19.8 Å². The minimum absolute atomic E-state index is 0.117. The highest BCUT2D eigenvalue weighted by Gasteiger charge is 2.32. The van der Waals surface area contributed by atoms with E-state index in [9.17, 15) is 18.0 Å². The van der Waals surface area contributed by atoms with Gasteiger partial charge in [0.15, 0.2) is 17.0 Å². The normalized spacial score (nSPS) is 17.4. The Balaban J connectivity index is 1.39. The molecule has 0 spiro atoms. The van der Waals surface area contributed by atoms with E-state index in [1.54, 1.807) is 10.9 Å². The molecular formula is C24H32N8O5S. The predicted octanol–water partition coefficient (Wildman–Crippen LogP) is 2.75. The summed E-state index contributed by atoms with van der Waals surface area (Å²) >= 11 is 0. The molecule has 1 aliphatic rings. The van der Waals surface area contributed by atoms with Crippen molar-refractivity contribution in [3.8, 4) is 0 Å². The zero-order valence-corrected chi connectivity index (χ0v) is 22.1. The van der Waals surface area contributed by atoms with Crippen LogP contribution in [0.15, 0.2) is 41.8 Å². The Kier molecular flexibility index (Phi) is 8.86. The Morgan fingerprint density at radius 1 is 1.05 bits per heavy atom. The van der Waals surface area contributed by atoms with Crippen molar-refractivity contribution >= 4 is 44.6 Å². The third kappa shape index (κ3) is 6.44. The zero-order valence-electron chi connectivity index (χ0n) is 21.3. The monoisotopic (exact) mass is 544 g/mol. The van der Waals surface area contributed by atoms with Crippen LogP contribution in [-0.2, 0) is 19.6 Å². The molecule has 0 bridgehead atoms. The number of hydrogen-bond acceptors (Lipinski definition) is 8. The van der Waals surface area contributed by atoms with Crippen LogP contribution in [0.2, 0.25) is 0 Å². The molecule has 14 heteroatoms. The first kappa shape index (κ1) is 27.4. The van der Waals surface area contributed by atoms with Crippen molar-refractivity contribution in [2.75, 3.05) is 23.7 Å². The first-order valence-corrected chi connectivity index (χ1v) is 14.1. The van der Waals surface area contributed by atoms with E-state index < -0.39 is 28.4 Å². The van der Waals surface area contributed by atoms with Gasteiger partial charge in [0.05, 0.1) is 11.2 Å². The number of likely N-dealkylation sites (N-methyl/N-ethyl adjacent to an activating group) is 1. The lowest BCUT2D eigenvalue weighted by Gasteiger charge is -2.15. The Bertz CT molecular complexity index is 1380. The molecule has 13 nitrogen and oxygen atoms in total. The zero-order chi connectivity index (χ0) is 27.1. The Morgan fingerprint density at radius 3 is 2.58 bits per heavy atom. The predicted molar refractivity (Wildman–Crippen MR) is 141 cm³/mol. The number of aromatic nitrogens is 4. The van der Waals surface area contributed by atoms with Gasteiger partial charge in [-0.2, -0.15) is 0 Å². The average Bonchev–Trinajstić information content (AvgIpc) is 3.55. The van der Waals surface area contributed by atoms with Gasteiger partial charge in [-0.25, -0.2) is 32.9 Å². The second-order valence-corrected chi connectivity index (χ2v) is 10.6. The van der Waals surface area contributed by atoms with Crippen molar-refractivity contribution in [3.05, 3.63) is 36.9 Å². The van der Waals surface area contributed by atoms with Crippen molar-refractivity contribution in [2.45, 2.75) is 63.2 Å². The van der Waals surface area contributed by atoms with E-state index in [4.69, 9.17) is 4.74 Å². The second kappa shape index (κ2) is 12.3. The van der Waals surface area contributed by atoms with Gasteiger partial charge in [0.1, 0.15) is 18.7 Å². The number of sulfonamides is 1. The lowest BCUT2D eigenvalue weighted by atomic mass is 10.2. The maximum atomic E-state index is 12.6. The number of nitrogens with one attached hydrogen (secondary N) is 4. The maximum Gasteiger partial charge on any atom is 0.324 e. The number of hydrogen-bond donors (Lipinski definition) is 4. The molecule has 3 aromatic rings. The smallest absolute Gasteiger partial charge is 0.324 e. The Hall–Kier alpha value is -3.62. The van der Waals surface area contributed by atoms with Crippen LogP contribution in [-0.4, -0.2) is 59.1 Å². The summed E-state index contributed by atoms with van der Waals surface area (Å²) in [6.07, 6.45) is 5.80. The molecule has 0 radical (unpaired) electrons. The Labute approximate surface area is 220 Å². The minimum Gasteiger partial charge on any atom is -0.354 e. The molecule has 1 fully saturated rings. The highest BCUT2D eigenvalue weighted by molar-refractivity contribution is 7.89. The van der Waals surface area contributed by atoms with Gasteiger partial charge in [-0.3, -0.25) is 14.7 Å². The summed E-state index contributed by atoms with van der Waals surface area (Å²) in [7, 11) is -3.61. The van der Waals surface area contributed by atoms with Crippen LogP contribution in [0.5, 0.6) is 0 Å². The molecule has 0 saturated carbocycles. The first-order valence-electron chi connectivity index (χ1n) is 12.6. The van der Waals surface area contributed by atoms with Crippen LogP contribution in [0.25, 0.3) is 11.2 Å². The number of carbonyl (C=O) groups excluding carboxylic acids is 2. The van der Waals surface area contributed by atoms with Crippen molar-refractivity contribution < 1.29 is 22.7 Å². The summed E-state index contributed by atoms with van der Waals surface area (Å²) in [6.45, 7) is 4.81. The lowest BCUT2D eigenvalue weighted by molar-refractivity contribution is -0.133. The largest absolute Gasteiger partial charge is 0.354 e. The van der Waals surface area contributed by atoms with Crippen LogP contribution >= 0.6 is 0 Å². The van der Waals surface area contributed by atoms with Gasteiger partial charge in [-0.05, 0) is 50.5 Å². The van der Waals surface area contributed by atoms with Crippen molar-refractivity contribution in [1.29, 1.82) is 0 Å². The molecule has 1 saturated heterocycles. The molecule has 4 rings (SSSR count). The van der Waals surface area contributed by atoms with Crippen LogP contribution < -0.4 is 20.7 Å². The van der Waals surface area contributed by atoms with E-state index in [0.717, 1.165) is 19.3 Å². The number of nitrogens with zero attached hydrogens (tertiary/aromatic N) is 4. The highest BCUT2D eigenvalue weighted by Crippen LogP contribution is 2.31. The number of anilines is 2. The molecule has 0 aliphatic carbocycles. The molecule has 2 aromatic heterocycles. The topological polar surface area (TPSA) is 169 Å². The number of carbonyl (C=O) groups is 2. The maximum absolute atomic E-state index is 12.6. The van der Waals surface area contributed by atoms with Gasteiger partial charge in [0.2, 0.25) is 15.9 Å². The summed E-state index contributed by atoms with van der Waals surface area (Å²) in [5.41, 5.74) is 1.22. The summed E-state index contributed by atoms with van der Waals surface area (Å²) < 4.78 is 35.0. The number of rotatable bonds is 11. The molecule has 4 N–H and O–H groups in total. The number of urea groups is 1. The van der Waals surface area contributed by atoms with Gasteiger partial charge < -0.3 is 15.4 Å². The molecular weight excluding hydrogens is 512 g/mol. The SMILES string of the molecule is CCCCCNS(=O)(=O)c1ccc(NC(=O)Nc2ncnc3c2ncn3[C@H]2CC[C@@H](C(=O)NCC)O2)cc1. The third-order valence-electron chi connectivity index (χ3n) is 6.04. The molecule has 3 amide bonds. The van der Waals surface area contributed by atoms with Crippen LogP contribution in [0.1, 0.15) is 52.2 Å². The number of ether oxygens (including phenoxy) is 1. The third-order valence-corrected chi connectivity index (χ3v) is 7.51. The standard InChI is InChI=1S/C24H32N8O5S/c1-3-5-6-13-29-38(35,36)17-9-7-16(8-10-17)30-24(34)31-21-20-22(27-14-26-21)32(15-28-20)19-12-11-18(37-19)23(33)25-4-2/h7-10,14-15,18-19,29H,3-6,11-13H2,1-2H3,(H,25,33)(H2,26,27,30,31,34)/t18-,19+/m0/s1. The van der Waals surface area contributed by atoms with Crippen molar-refractivity contribution in [3.63, 3.8) is 0 Å². The van der Waals surface area contributed by atoms with Crippen molar-refractivity contribution in [1.82, 2.24) is 29.6 Å². The molecule has 38 heavy (non-hydrogen) atoms. The highest BCUT2D eigenvalue weighted by atomic mass is 32.2. The van der Waals surface area contributed by atoms with E-state index in [1.807, 2.05) is 13.8 Å². The summed E-state index contributed by atoms with van der Waals surface area (Å²) in [6, 6.07) is 5.29. The molecule has 1 aliphatic heterocycles. The molecule has 3 heterocycles. The van der Waals surface area contributed by atoms with Gasteiger partial charge in [0.25, 0.3) is 0 Å². The number of unbranched alkanes of at least 4 members (excludes halogenated alkanes) is 2. The number of amides is 3. The Morgan fingerprint density at radius 2 is 1.84 bits per heavy atom. The molecule has 2 atom stereocenters. The second-order valence-electron chi connectivity index (χ2n) is 8.81. The van der Waals surface area contributed by atoms with Crippen LogP contribution in [0, 0.1) is 0 Å². The van der Waals surface area contributed by atoms with Gasteiger partial charge in [-0.15, -0.1) is 0 Å². The van der Waals surface area contributed by atoms with Gasteiger partial charge >= 0.3 is 6.03 Å². The minimum atomic E-state index is -3.61. The van der Waals surface area contributed by atoms with E-state index in [-0.39, 0.29) is 16.6 Å². The molecule has 0 unspecified atom stereocenters. The quantitative estimate of drug-likeness (QED) is 0.267. The molecule has 204 valence electrons. The summed E-state index contributed by atoms with van der Waals surface area (Å²) in [4.78, 5) is 37.6. The average molecular weight is 545 g/mol. The summed E-state index contributed by atoms with van der Waals surface area (Å²) in [5, 5.41) is 8.07. The van der Waals surface area contributed by atoms with Crippen LogP contribution in [0.4, 0.5) is 16.3 Å². The fourth-order valence-corrected chi connectivity index (χ4v) is 5.19. The number of fused-ring (bicyclic) bond motifs is 1. The summed E-state index contributed by atoms with van der Waals surface area (Å²) in [5.74, 6) is 0.0435. The van der Waals surface area contributed by atoms with Crippen LogP contribution in [0.3, 0.4) is 0 Å². The van der Waals surface area contributed by atoms with E-state index in [0.29, 0.717) is 42.8 Å². The van der Waals surface area contributed by atoms with Crippen molar-refractivity contribution in [2.24, 2.45) is 0 Å². The fraction of sp³-hybridized carbons (Fsp3) is 0.458. The van der Waals surface area contributed by atoms with E-state index in [2.05, 4.69) is 35.6 Å². The lowest BCUT2D eigenvalue weighted by Crippen LogP contribution is -2.34. The van der Waals surface area contributed by atoms with E-state index >= 15 is 0 Å². The molecule has 1 aromatic carbocycles. The number of benzene rings is 1. The first-order chi connectivity index (χ1) is 18.3. The number of imidazole rings is 1. The fourth-order valence-electron chi connectivity index (χ4n) is 4.11.